The first kappa shape index (κ1) is 15.7. The summed E-state index contributed by atoms with van der Waals surface area (Å²) in [5, 5.41) is 6.03. The first-order valence-corrected chi connectivity index (χ1v) is 7.51. The van der Waals surface area contributed by atoms with Gasteiger partial charge in [0, 0.05) is 22.8 Å². The predicted octanol–water partition coefficient (Wildman–Crippen LogP) is 3.89. The van der Waals surface area contributed by atoms with E-state index in [4.69, 9.17) is 11.6 Å². The molecule has 0 fully saturated rings. The minimum Gasteiger partial charge on any atom is -0.370 e. The second-order valence-corrected chi connectivity index (χ2v) is 5.61. The predicted molar refractivity (Wildman–Crippen MR) is 88.0 cm³/mol. The van der Waals surface area contributed by atoms with Crippen LogP contribution < -0.4 is 10.6 Å². The van der Waals surface area contributed by atoms with Crippen molar-refractivity contribution in [1.29, 1.82) is 0 Å². The second kappa shape index (κ2) is 6.87. The van der Waals surface area contributed by atoms with E-state index in [0.29, 0.717) is 23.7 Å². The van der Waals surface area contributed by atoms with Gasteiger partial charge in [0.1, 0.15) is 16.8 Å². The molecule has 110 valence electrons. The zero-order chi connectivity index (χ0) is 15.4. The number of hydrogen-bond donors (Lipinski definition) is 2. The fraction of sp³-hybridized carbons (Fsp3) is 0.214. The van der Waals surface area contributed by atoms with Gasteiger partial charge in [0.2, 0.25) is 0 Å². The van der Waals surface area contributed by atoms with Gasteiger partial charge < -0.3 is 10.6 Å². The molecule has 2 N–H and O–H groups in total. The van der Waals surface area contributed by atoms with Gasteiger partial charge in [-0.25, -0.2) is 9.97 Å². The normalized spacial score (nSPS) is 10.3. The zero-order valence-electron chi connectivity index (χ0n) is 11.6. The molecular weight excluding hydrogens is 356 g/mol. The first-order valence-electron chi connectivity index (χ1n) is 6.34. The van der Waals surface area contributed by atoms with Crippen LogP contribution in [0.2, 0.25) is 5.15 Å². The van der Waals surface area contributed by atoms with Crippen molar-refractivity contribution in [3.63, 3.8) is 0 Å². The highest BCUT2D eigenvalue weighted by atomic mass is 79.9. The van der Waals surface area contributed by atoms with Crippen LogP contribution in [0.15, 0.2) is 28.9 Å². The second-order valence-electron chi connectivity index (χ2n) is 4.37. The van der Waals surface area contributed by atoms with Gasteiger partial charge in [0.15, 0.2) is 0 Å². The van der Waals surface area contributed by atoms with Crippen molar-refractivity contribution >= 4 is 45.1 Å². The number of amides is 1. The molecule has 0 radical (unpaired) electrons. The number of halogens is 2. The van der Waals surface area contributed by atoms with Crippen LogP contribution in [0.5, 0.6) is 0 Å². The zero-order valence-corrected chi connectivity index (χ0v) is 13.9. The van der Waals surface area contributed by atoms with Gasteiger partial charge in [0.05, 0.1) is 0 Å². The van der Waals surface area contributed by atoms with Gasteiger partial charge >= 0.3 is 0 Å². The Morgan fingerprint density at radius 3 is 2.76 bits per heavy atom. The molecule has 0 saturated carbocycles. The van der Waals surface area contributed by atoms with Crippen LogP contribution in [0, 0.1) is 6.92 Å². The van der Waals surface area contributed by atoms with Crippen molar-refractivity contribution in [2.75, 3.05) is 17.2 Å². The van der Waals surface area contributed by atoms with Crippen molar-refractivity contribution in [1.82, 2.24) is 9.97 Å². The van der Waals surface area contributed by atoms with Gasteiger partial charge in [-0.2, -0.15) is 0 Å². The molecule has 2 aromatic rings. The average Bonchev–Trinajstić information content (AvgIpc) is 2.42. The van der Waals surface area contributed by atoms with Crippen LogP contribution in [0.3, 0.4) is 0 Å². The summed E-state index contributed by atoms with van der Waals surface area (Å²) in [6, 6.07) is 4.95. The van der Waals surface area contributed by atoms with Crippen molar-refractivity contribution in [3.05, 3.63) is 45.1 Å². The standard InChI is InChI=1S/C14H14BrClN4O/c1-3-17-13-6-9(5-11(16)19-13)14(21)20-12-4-8(2)10(15)7-18-12/h4-7H,3H2,1-2H3,(H,17,19)(H,18,20,21). The van der Waals surface area contributed by atoms with E-state index in [2.05, 4.69) is 36.5 Å². The molecule has 0 bridgehead atoms. The molecule has 0 atom stereocenters. The van der Waals surface area contributed by atoms with Crippen molar-refractivity contribution < 1.29 is 4.79 Å². The quantitative estimate of drug-likeness (QED) is 0.803. The number of pyridine rings is 2. The van der Waals surface area contributed by atoms with E-state index in [1.165, 1.54) is 6.07 Å². The van der Waals surface area contributed by atoms with Crippen LogP contribution in [0.25, 0.3) is 0 Å². The lowest BCUT2D eigenvalue weighted by Gasteiger charge is -2.08. The molecule has 1 amide bonds. The molecule has 2 rings (SSSR count). The Bertz CT molecular complexity index is 678. The van der Waals surface area contributed by atoms with Crippen molar-refractivity contribution in [2.45, 2.75) is 13.8 Å². The van der Waals surface area contributed by atoms with E-state index in [-0.39, 0.29) is 11.1 Å². The van der Waals surface area contributed by atoms with E-state index in [1.807, 2.05) is 13.8 Å². The van der Waals surface area contributed by atoms with Crippen LogP contribution >= 0.6 is 27.5 Å². The molecule has 0 saturated heterocycles. The number of anilines is 2. The Balaban J connectivity index is 2.21. The number of nitrogens with zero attached hydrogens (tertiary/aromatic N) is 2. The molecule has 0 spiro atoms. The number of rotatable bonds is 4. The smallest absolute Gasteiger partial charge is 0.257 e. The van der Waals surface area contributed by atoms with E-state index < -0.39 is 0 Å². The van der Waals surface area contributed by atoms with Crippen LogP contribution in [-0.2, 0) is 0 Å². The lowest BCUT2D eigenvalue weighted by atomic mass is 10.2. The summed E-state index contributed by atoms with van der Waals surface area (Å²) in [6.07, 6.45) is 1.65. The Labute approximate surface area is 136 Å². The molecule has 7 heteroatoms. The average molecular weight is 370 g/mol. The molecular formula is C14H14BrClN4O. The summed E-state index contributed by atoms with van der Waals surface area (Å²) in [4.78, 5) is 20.5. The number of hydrogen-bond acceptors (Lipinski definition) is 4. The third-order valence-corrected chi connectivity index (χ3v) is 3.73. The highest BCUT2D eigenvalue weighted by Gasteiger charge is 2.10. The molecule has 2 heterocycles. The van der Waals surface area contributed by atoms with E-state index in [0.717, 1.165) is 10.0 Å². The lowest BCUT2D eigenvalue weighted by Crippen LogP contribution is -2.14. The highest BCUT2D eigenvalue weighted by molar-refractivity contribution is 9.10. The number of carbonyl (C=O) groups excluding carboxylic acids is 1. The van der Waals surface area contributed by atoms with Gasteiger partial charge in [-0.1, -0.05) is 11.6 Å². The third kappa shape index (κ3) is 4.15. The Kier molecular flexibility index (Phi) is 5.14. The van der Waals surface area contributed by atoms with Crippen LogP contribution in [0.4, 0.5) is 11.6 Å². The molecule has 2 aromatic heterocycles. The minimum atomic E-state index is -0.285. The Morgan fingerprint density at radius 2 is 2.10 bits per heavy atom. The largest absolute Gasteiger partial charge is 0.370 e. The van der Waals surface area contributed by atoms with Crippen LogP contribution in [0.1, 0.15) is 22.8 Å². The Hall–Kier alpha value is -1.66. The minimum absolute atomic E-state index is 0.263. The molecule has 0 aliphatic rings. The van der Waals surface area contributed by atoms with Crippen molar-refractivity contribution in [2.24, 2.45) is 0 Å². The molecule has 0 aliphatic carbocycles. The topological polar surface area (TPSA) is 66.9 Å². The molecule has 0 aromatic carbocycles. The summed E-state index contributed by atoms with van der Waals surface area (Å²) >= 11 is 9.29. The number of aryl methyl sites for hydroxylation is 1. The van der Waals surface area contributed by atoms with Crippen LogP contribution in [-0.4, -0.2) is 22.4 Å². The molecule has 0 unspecified atom stereocenters. The SMILES string of the molecule is CCNc1cc(C(=O)Nc2cc(C)c(Br)cn2)cc(Cl)n1. The monoisotopic (exact) mass is 368 g/mol. The van der Waals surface area contributed by atoms with Gasteiger partial charge in [-0.15, -0.1) is 0 Å². The van der Waals surface area contributed by atoms with E-state index >= 15 is 0 Å². The molecule has 0 aliphatic heterocycles. The summed E-state index contributed by atoms with van der Waals surface area (Å²) in [7, 11) is 0. The summed E-state index contributed by atoms with van der Waals surface area (Å²) < 4.78 is 0.891. The van der Waals surface area contributed by atoms with E-state index in [1.54, 1.807) is 18.3 Å². The molecule has 5 nitrogen and oxygen atoms in total. The van der Waals surface area contributed by atoms with Crippen molar-refractivity contribution in [3.8, 4) is 0 Å². The van der Waals surface area contributed by atoms with Gasteiger partial charge in [0.25, 0.3) is 5.91 Å². The summed E-state index contributed by atoms with van der Waals surface area (Å²) in [5.41, 5.74) is 1.41. The third-order valence-electron chi connectivity index (χ3n) is 2.70. The fourth-order valence-electron chi connectivity index (χ4n) is 1.70. The summed E-state index contributed by atoms with van der Waals surface area (Å²) in [5.74, 6) is 0.765. The first-order chi connectivity index (χ1) is 9.99. The Morgan fingerprint density at radius 1 is 1.33 bits per heavy atom. The van der Waals surface area contributed by atoms with Gasteiger partial charge in [-0.3, -0.25) is 4.79 Å². The lowest BCUT2D eigenvalue weighted by molar-refractivity contribution is 0.102. The maximum absolute atomic E-state index is 12.2. The number of nitrogens with one attached hydrogen (secondary N) is 2. The number of aromatic nitrogens is 2. The van der Waals surface area contributed by atoms with Gasteiger partial charge in [-0.05, 0) is 53.5 Å². The van der Waals surface area contributed by atoms with E-state index in [9.17, 15) is 4.79 Å². The summed E-state index contributed by atoms with van der Waals surface area (Å²) in [6.45, 7) is 4.56. The molecule has 21 heavy (non-hydrogen) atoms. The number of carbonyl (C=O) groups is 1. The maximum atomic E-state index is 12.2. The maximum Gasteiger partial charge on any atom is 0.257 e. The highest BCUT2D eigenvalue weighted by Crippen LogP contribution is 2.19. The fourth-order valence-corrected chi connectivity index (χ4v) is 2.12.